The number of anilines is 1. The minimum Gasteiger partial charge on any atom is -0.297 e. The van der Waals surface area contributed by atoms with Gasteiger partial charge in [0.2, 0.25) is 0 Å². The highest BCUT2D eigenvalue weighted by atomic mass is 32.1. The van der Waals surface area contributed by atoms with Gasteiger partial charge in [0.15, 0.2) is 5.13 Å². The number of amides is 1. The van der Waals surface area contributed by atoms with Crippen LogP contribution in [0.3, 0.4) is 0 Å². The molecule has 5 nitrogen and oxygen atoms in total. The molecular weight excluding hydrogens is 395 g/mol. The predicted molar refractivity (Wildman–Crippen MR) is 110 cm³/mol. The predicted octanol–water partition coefficient (Wildman–Crippen LogP) is 4.79. The second kappa shape index (κ2) is 6.79. The molecule has 0 aliphatic heterocycles. The monoisotopic (exact) mass is 412 g/mol. The topological polar surface area (TPSA) is 59.8 Å². The fourth-order valence-corrected chi connectivity index (χ4v) is 5.60. The highest BCUT2D eigenvalue weighted by molar-refractivity contribution is 7.20. The Kier molecular flexibility index (Phi) is 4.25. The molecule has 5 rings (SSSR count). The fraction of sp³-hybridized carbons (Fsp3) is 0.250. The van der Waals surface area contributed by atoms with Crippen molar-refractivity contribution in [1.82, 2.24) is 14.8 Å². The molecule has 4 aromatic rings. The first-order chi connectivity index (χ1) is 13.6. The van der Waals surface area contributed by atoms with Gasteiger partial charge in [-0.15, -0.1) is 22.7 Å². The number of benzene rings is 1. The lowest BCUT2D eigenvalue weighted by Crippen LogP contribution is -2.10. The number of fused-ring (bicyclic) bond motifs is 2. The number of halogens is 1. The Balaban J connectivity index is 1.40. The molecule has 8 heteroatoms. The summed E-state index contributed by atoms with van der Waals surface area (Å²) in [5.74, 6) is -0.393. The summed E-state index contributed by atoms with van der Waals surface area (Å²) < 4.78 is 15.0. The van der Waals surface area contributed by atoms with Gasteiger partial charge >= 0.3 is 0 Å². The Morgan fingerprint density at radius 3 is 2.86 bits per heavy atom. The molecule has 3 heterocycles. The largest absolute Gasteiger partial charge is 0.297 e. The van der Waals surface area contributed by atoms with Gasteiger partial charge in [0.05, 0.1) is 22.8 Å². The maximum atomic E-state index is 13.1. The number of hydrogen-bond donors (Lipinski definition) is 1. The van der Waals surface area contributed by atoms with Crippen molar-refractivity contribution in [2.45, 2.75) is 32.7 Å². The lowest BCUT2D eigenvalue weighted by atomic mass is 10.2. The summed E-state index contributed by atoms with van der Waals surface area (Å²) in [5.41, 5.74) is 2.96. The van der Waals surface area contributed by atoms with Crippen LogP contribution >= 0.6 is 22.7 Å². The molecule has 0 bridgehead atoms. The van der Waals surface area contributed by atoms with Crippen LogP contribution in [0.1, 0.15) is 37.9 Å². The van der Waals surface area contributed by atoms with Gasteiger partial charge in [-0.3, -0.25) is 14.8 Å². The van der Waals surface area contributed by atoms with Crippen LogP contribution in [0.15, 0.2) is 30.3 Å². The van der Waals surface area contributed by atoms with Crippen LogP contribution in [-0.4, -0.2) is 20.7 Å². The quantitative estimate of drug-likeness (QED) is 0.524. The highest BCUT2D eigenvalue weighted by Crippen LogP contribution is 2.32. The molecule has 0 atom stereocenters. The lowest BCUT2D eigenvalue weighted by Gasteiger charge is -2.03. The van der Waals surface area contributed by atoms with E-state index in [2.05, 4.69) is 15.4 Å². The maximum Gasteiger partial charge on any atom is 0.267 e. The van der Waals surface area contributed by atoms with Gasteiger partial charge in [-0.1, -0.05) is 12.1 Å². The van der Waals surface area contributed by atoms with Crippen molar-refractivity contribution in [3.63, 3.8) is 0 Å². The minimum absolute atomic E-state index is 0.138. The van der Waals surface area contributed by atoms with E-state index in [9.17, 15) is 9.18 Å². The van der Waals surface area contributed by atoms with Crippen LogP contribution in [0.4, 0.5) is 9.52 Å². The first-order valence-corrected chi connectivity index (χ1v) is 10.7. The number of carbonyl (C=O) groups excluding carboxylic acids is 1. The van der Waals surface area contributed by atoms with Crippen LogP contribution in [0.25, 0.3) is 10.2 Å². The standard InChI is InChI=1S/C20H17FN4OS2/c1-11-14-9-17(18(26)23-20-22-15-3-2-4-16(15)28-20)27-19(14)25(24-11)10-12-5-7-13(21)8-6-12/h5-9H,2-4,10H2,1H3,(H,22,23,26). The lowest BCUT2D eigenvalue weighted by molar-refractivity contribution is 0.103. The summed E-state index contributed by atoms with van der Waals surface area (Å²) in [4.78, 5) is 20.1. The molecule has 142 valence electrons. The number of aryl methyl sites for hydroxylation is 3. The average Bonchev–Trinajstić information content (AvgIpc) is 3.40. The molecule has 1 aliphatic carbocycles. The van der Waals surface area contributed by atoms with Crippen LogP contribution in [-0.2, 0) is 19.4 Å². The number of hydrogen-bond acceptors (Lipinski definition) is 5. The van der Waals surface area contributed by atoms with E-state index < -0.39 is 0 Å². The van der Waals surface area contributed by atoms with Crippen molar-refractivity contribution in [2.75, 3.05) is 5.32 Å². The number of nitrogens with zero attached hydrogens (tertiary/aromatic N) is 3. The molecule has 0 radical (unpaired) electrons. The van der Waals surface area contributed by atoms with Crippen molar-refractivity contribution in [3.8, 4) is 0 Å². The maximum absolute atomic E-state index is 13.1. The molecule has 1 aromatic carbocycles. The van der Waals surface area contributed by atoms with Gasteiger partial charge in [0, 0.05) is 10.3 Å². The molecule has 0 saturated heterocycles. The van der Waals surface area contributed by atoms with E-state index in [-0.39, 0.29) is 11.7 Å². The van der Waals surface area contributed by atoms with Crippen LogP contribution in [0.5, 0.6) is 0 Å². The first kappa shape index (κ1) is 17.5. The Bertz CT molecular complexity index is 1170. The van der Waals surface area contributed by atoms with E-state index in [1.165, 1.54) is 28.3 Å². The zero-order valence-corrected chi connectivity index (χ0v) is 16.8. The van der Waals surface area contributed by atoms with Gasteiger partial charge in [-0.25, -0.2) is 9.37 Å². The van der Waals surface area contributed by atoms with Crippen molar-refractivity contribution in [1.29, 1.82) is 0 Å². The molecule has 28 heavy (non-hydrogen) atoms. The third kappa shape index (κ3) is 3.12. The highest BCUT2D eigenvalue weighted by Gasteiger charge is 2.20. The number of thiophene rings is 1. The molecule has 3 aromatic heterocycles. The number of rotatable bonds is 4. The Labute approximate surface area is 168 Å². The number of aromatic nitrogens is 3. The van der Waals surface area contributed by atoms with Crippen molar-refractivity contribution < 1.29 is 9.18 Å². The third-order valence-corrected chi connectivity index (χ3v) is 7.11. The second-order valence-corrected chi connectivity index (χ2v) is 9.01. The molecular formula is C20H17FN4OS2. The van der Waals surface area contributed by atoms with E-state index in [1.54, 1.807) is 23.5 Å². The molecule has 1 aliphatic rings. The van der Waals surface area contributed by atoms with Gasteiger partial charge < -0.3 is 0 Å². The smallest absolute Gasteiger partial charge is 0.267 e. The van der Waals surface area contributed by atoms with Crippen LogP contribution < -0.4 is 5.32 Å². The minimum atomic E-state index is -0.256. The van der Waals surface area contributed by atoms with Gasteiger partial charge in [0.1, 0.15) is 10.6 Å². The molecule has 0 saturated carbocycles. The second-order valence-electron chi connectivity index (χ2n) is 6.90. The van der Waals surface area contributed by atoms with Crippen molar-refractivity contribution in [2.24, 2.45) is 0 Å². The van der Waals surface area contributed by atoms with E-state index in [4.69, 9.17) is 0 Å². The zero-order valence-electron chi connectivity index (χ0n) is 15.2. The molecule has 1 amide bonds. The fourth-order valence-electron chi connectivity index (χ4n) is 3.50. The Morgan fingerprint density at radius 2 is 2.07 bits per heavy atom. The SMILES string of the molecule is Cc1nn(Cc2ccc(F)cc2)c2sc(C(=O)Nc3nc4c(s3)CCC4)cc12. The van der Waals surface area contributed by atoms with Gasteiger partial charge in [0.25, 0.3) is 5.91 Å². The number of nitrogens with one attached hydrogen (secondary N) is 1. The summed E-state index contributed by atoms with van der Waals surface area (Å²) in [7, 11) is 0. The molecule has 0 fully saturated rings. The molecule has 0 unspecified atom stereocenters. The third-order valence-electron chi connectivity index (χ3n) is 4.89. The van der Waals surface area contributed by atoms with Gasteiger partial charge in [-0.2, -0.15) is 5.10 Å². The zero-order chi connectivity index (χ0) is 19.3. The van der Waals surface area contributed by atoms with E-state index in [0.717, 1.165) is 46.4 Å². The van der Waals surface area contributed by atoms with Crippen LogP contribution in [0.2, 0.25) is 0 Å². The summed E-state index contributed by atoms with van der Waals surface area (Å²) in [6, 6.07) is 8.28. The molecule has 0 spiro atoms. The Morgan fingerprint density at radius 1 is 1.25 bits per heavy atom. The van der Waals surface area contributed by atoms with Gasteiger partial charge in [-0.05, 0) is 49.9 Å². The summed E-state index contributed by atoms with van der Waals surface area (Å²) in [6.45, 7) is 2.47. The van der Waals surface area contributed by atoms with Crippen LogP contribution in [0, 0.1) is 12.7 Å². The summed E-state index contributed by atoms with van der Waals surface area (Å²) >= 11 is 2.99. The van der Waals surface area contributed by atoms with Crippen molar-refractivity contribution in [3.05, 3.63) is 62.9 Å². The van der Waals surface area contributed by atoms with E-state index >= 15 is 0 Å². The normalized spacial score (nSPS) is 13.2. The van der Waals surface area contributed by atoms with E-state index in [0.29, 0.717) is 16.6 Å². The summed E-state index contributed by atoms with van der Waals surface area (Å²) in [5, 5.41) is 9.17. The van der Waals surface area contributed by atoms with E-state index in [1.807, 2.05) is 17.7 Å². The Hall–Kier alpha value is -2.58. The summed E-state index contributed by atoms with van der Waals surface area (Å²) in [6.07, 6.45) is 3.22. The first-order valence-electron chi connectivity index (χ1n) is 9.08. The molecule has 1 N–H and O–H groups in total. The number of carbonyl (C=O) groups is 1. The average molecular weight is 413 g/mol. The number of thiazole rings is 1. The van der Waals surface area contributed by atoms with Crippen molar-refractivity contribution >= 4 is 43.9 Å².